The van der Waals surface area contributed by atoms with Gasteiger partial charge in [-0.1, -0.05) is 15.9 Å². The zero-order valence-corrected chi connectivity index (χ0v) is 12.6. The summed E-state index contributed by atoms with van der Waals surface area (Å²) >= 11 is 3.16. The molecule has 106 valence electrons. The number of halogens is 1. The van der Waals surface area contributed by atoms with Gasteiger partial charge in [0.05, 0.1) is 10.5 Å². The Bertz CT molecular complexity index is 756. The summed E-state index contributed by atoms with van der Waals surface area (Å²) in [5.41, 5.74) is 0.288. The van der Waals surface area contributed by atoms with E-state index in [1.807, 2.05) is 0 Å². The third kappa shape index (κ3) is 2.83. The minimum Gasteiger partial charge on any atom is -0.478 e. The predicted molar refractivity (Wildman–Crippen MR) is 75.2 cm³/mol. The number of nitrogens with zero attached hydrogens (tertiary/aromatic N) is 1. The molecule has 9 heteroatoms. The lowest BCUT2D eigenvalue weighted by Gasteiger charge is -2.11. The number of rotatable bonds is 4. The molecule has 0 saturated carbocycles. The molecule has 0 radical (unpaired) electrons. The van der Waals surface area contributed by atoms with E-state index >= 15 is 0 Å². The Morgan fingerprint density at radius 1 is 1.45 bits per heavy atom. The van der Waals surface area contributed by atoms with Crippen molar-refractivity contribution >= 4 is 37.9 Å². The number of hydrogen-bond acceptors (Lipinski definition) is 4. The molecule has 20 heavy (non-hydrogen) atoms. The highest BCUT2D eigenvalue weighted by atomic mass is 79.9. The van der Waals surface area contributed by atoms with Crippen LogP contribution < -0.4 is 4.72 Å². The van der Waals surface area contributed by atoms with E-state index in [0.717, 1.165) is 6.07 Å². The molecule has 7 nitrogen and oxygen atoms in total. The number of carboxylic acid groups (broad SMARTS) is 1. The number of carboxylic acids is 1. The van der Waals surface area contributed by atoms with Crippen molar-refractivity contribution in [1.82, 2.24) is 9.97 Å². The van der Waals surface area contributed by atoms with Crippen LogP contribution >= 0.6 is 15.9 Å². The highest BCUT2D eigenvalue weighted by Crippen LogP contribution is 2.26. The molecule has 0 amide bonds. The van der Waals surface area contributed by atoms with E-state index in [9.17, 15) is 13.2 Å². The van der Waals surface area contributed by atoms with Crippen molar-refractivity contribution in [2.45, 2.75) is 11.8 Å². The Hall–Kier alpha value is -1.87. The zero-order chi connectivity index (χ0) is 14.9. The summed E-state index contributed by atoms with van der Waals surface area (Å²) < 4.78 is 27.2. The monoisotopic (exact) mass is 359 g/mol. The van der Waals surface area contributed by atoms with Crippen molar-refractivity contribution in [2.24, 2.45) is 0 Å². The number of aromatic nitrogens is 2. The van der Waals surface area contributed by atoms with Gasteiger partial charge in [0.25, 0.3) is 10.0 Å². The van der Waals surface area contributed by atoms with Gasteiger partial charge in [0.15, 0.2) is 0 Å². The summed E-state index contributed by atoms with van der Waals surface area (Å²) in [6.45, 7) is 1.58. The second-order valence-corrected chi connectivity index (χ2v) is 6.43. The number of aromatic carboxylic acids is 1. The van der Waals surface area contributed by atoms with Crippen molar-refractivity contribution in [3.63, 3.8) is 0 Å². The van der Waals surface area contributed by atoms with Gasteiger partial charge in [-0.05, 0) is 24.6 Å². The first-order valence-corrected chi connectivity index (χ1v) is 7.64. The third-order valence-electron chi connectivity index (χ3n) is 2.56. The van der Waals surface area contributed by atoms with Gasteiger partial charge in [0.2, 0.25) is 5.95 Å². The fourth-order valence-corrected chi connectivity index (χ4v) is 3.42. The topological polar surface area (TPSA) is 112 Å². The molecule has 2 aromatic rings. The van der Waals surface area contributed by atoms with Gasteiger partial charge in [0.1, 0.15) is 0 Å². The normalized spacial score (nSPS) is 11.3. The molecule has 1 heterocycles. The van der Waals surface area contributed by atoms with Crippen LogP contribution in [-0.4, -0.2) is 29.5 Å². The van der Waals surface area contributed by atoms with Gasteiger partial charge in [-0.15, -0.1) is 0 Å². The van der Waals surface area contributed by atoms with Gasteiger partial charge < -0.3 is 10.1 Å². The maximum absolute atomic E-state index is 12.3. The maximum Gasteiger partial charge on any atom is 0.335 e. The highest BCUT2D eigenvalue weighted by molar-refractivity contribution is 9.10. The number of carbonyl (C=O) groups is 1. The Morgan fingerprint density at radius 2 is 2.15 bits per heavy atom. The van der Waals surface area contributed by atoms with Crippen molar-refractivity contribution < 1.29 is 18.3 Å². The predicted octanol–water partition coefficient (Wildman–Crippen LogP) is 1.98. The molecule has 0 bridgehead atoms. The van der Waals surface area contributed by atoms with Crippen LogP contribution in [0.5, 0.6) is 0 Å². The van der Waals surface area contributed by atoms with Crippen molar-refractivity contribution in [2.75, 3.05) is 4.72 Å². The first-order valence-electron chi connectivity index (χ1n) is 5.37. The molecule has 1 aromatic heterocycles. The third-order valence-corrected chi connectivity index (χ3v) is 4.85. The van der Waals surface area contributed by atoms with Crippen molar-refractivity contribution in [3.8, 4) is 0 Å². The fourth-order valence-electron chi connectivity index (χ4n) is 1.56. The van der Waals surface area contributed by atoms with E-state index in [1.165, 1.54) is 18.5 Å². The van der Waals surface area contributed by atoms with Crippen LogP contribution in [0.2, 0.25) is 0 Å². The van der Waals surface area contributed by atoms with Crippen LogP contribution in [0.1, 0.15) is 15.9 Å². The molecule has 0 aliphatic rings. The van der Waals surface area contributed by atoms with E-state index in [1.54, 1.807) is 6.92 Å². The molecule has 3 N–H and O–H groups in total. The number of H-pyrrole nitrogens is 1. The first-order chi connectivity index (χ1) is 9.31. The number of imidazole rings is 1. The van der Waals surface area contributed by atoms with Crippen LogP contribution in [0.4, 0.5) is 5.95 Å². The quantitative estimate of drug-likeness (QED) is 0.772. The maximum atomic E-state index is 12.3. The average molecular weight is 360 g/mol. The SMILES string of the molecule is Cc1c(Br)cc(C(=O)O)cc1S(=O)(=O)Nc1ncc[nH]1. The number of hydrogen-bond donors (Lipinski definition) is 3. The number of aromatic amines is 1. The molecule has 0 aliphatic heterocycles. The van der Waals surface area contributed by atoms with Gasteiger partial charge in [0, 0.05) is 16.9 Å². The Balaban J connectivity index is 2.53. The largest absolute Gasteiger partial charge is 0.478 e. The van der Waals surface area contributed by atoms with E-state index in [4.69, 9.17) is 5.11 Å². The second-order valence-electron chi connectivity index (χ2n) is 3.93. The van der Waals surface area contributed by atoms with Gasteiger partial charge in [-0.2, -0.15) is 0 Å². The summed E-state index contributed by atoms with van der Waals surface area (Å²) in [5, 5.41) is 8.99. The van der Waals surface area contributed by atoms with Gasteiger partial charge >= 0.3 is 5.97 Å². The Kier molecular flexibility index (Phi) is 3.82. The first kappa shape index (κ1) is 14.5. The summed E-state index contributed by atoms with van der Waals surface area (Å²) in [7, 11) is -3.93. The summed E-state index contributed by atoms with van der Waals surface area (Å²) in [4.78, 5) is 17.2. The lowest BCUT2D eigenvalue weighted by molar-refractivity contribution is 0.0696. The van der Waals surface area contributed by atoms with Crippen LogP contribution in [0.25, 0.3) is 0 Å². The molecule has 0 saturated heterocycles. The molecule has 0 atom stereocenters. The summed E-state index contributed by atoms with van der Waals surface area (Å²) in [6.07, 6.45) is 2.86. The lowest BCUT2D eigenvalue weighted by Crippen LogP contribution is -2.16. The number of nitrogens with one attached hydrogen (secondary N) is 2. The van der Waals surface area contributed by atoms with E-state index in [0.29, 0.717) is 10.0 Å². The second kappa shape index (κ2) is 5.25. The smallest absolute Gasteiger partial charge is 0.335 e. The number of benzene rings is 1. The average Bonchev–Trinajstić information content (AvgIpc) is 2.83. The molecule has 0 aliphatic carbocycles. The molecule has 0 fully saturated rings. The Labute approximate surface area is 123 Å². The zero-order valence-electron chi connectivity index (χ0n) is 10.2. The Morgan fingerprint density at radius 3 is 2.70 bits per heavy atom. The van der Waals surface area contributed by atoms with Crippen LogP contribution in [0.3, 0.4) is 0 Å². The van der Waals surface area contributed by atoms with Gasteiger partial charge in [-0.3, -0.25) is 0 Å². The van der Waals surface area contributed by atoms with Crippen LogP contribution in [-0.2, 0) is 10.0 Å². The molecule has 1 aromatic carbocycles. The van der Waals surface area contributed by atoms with E-state index in [-0.39, 0.29) is 16.4 Å². The summed E-state index contributed by atoms with van der Waals surface area (Å²) in [5.74, 6) is -1.15. The highest BCUT2D eigenvalue weighted by Gasteiger charge is 2.22. The summed E-state index contributed by atoms with van der Waals surface area (Å²) in [6, 6.07) is 2.46. The number of sulfonamides is 1. The lowest BCUT2D eigenvalue weighted by atomic mass is 10.1. The minimum atomic E-state index is -3.93. The van der Waals surface area contributed by atoms with E-state index in [2.05, 4.69) is 30.6 Å². The van der Waals surface area contributed by atoms with Crippen molar-refractivity contribution in [3.05, 3.63) is 40.1 Å². The molecule has 0 unspecified atom stereocenters. The molecular weight excluding hydrogens is 350 g/mol. The van der Waals surface area contributed by atoms with Crippen molar-refractivity contribution in [1.29, 1.82) is 0 Å². The standard InChI is InChI=1S/C11H10BrN3O4S/c1-6-8(12)4-7(10(16)17)5-9(6)20(18,19)15-11-13-2-3-14-11/h2-5H,1H3,(H,16,17)(H2,13,14,15). The van der Waals surface area contributed by atoms with E-state index < -0.39 is 16.0 Å². The van der Waals surface area contributed by atoms with Crippen LogP contribution in [0.15, 0.2) is 33.9 Å². The molecule has 2 rings (SSSR count). The molecular formula is C11H10BrN3O4S. The van der Waals surface area contributed by atoms with Gasteiger partial charge in [-0.25, -0.2) is 22.9 Å². The minimum absolute atomic E-state index is 0.0567. The molecule has 0 spiro atoms. The van der Waals surface area contributed by atoms with Crippen LogP contribution in [0, 0.1) is 6.92 Å². The fraction of sp³-hybridized carbons (Fsp3) is 0.0909. The number of anilines is 1.